The molecule has 0 unspecified atom stereocenters. The summed E-state index contributed by atoms with van der Waals surface area (Å²) in [5.41, 5.74) is 3.34. The topological polar surface area (TPSA) is 55.2 Å². The van der Waals surface area contributed by atoms with E-state index in [0.29, 0.717) is 25.9 Å². The average Bonchev–Trinajstić information content (AvgIpc) is 2.76. The maximum atomic E-state index is 13.0. The molecule has 6 heteroatoms. The Balaban J connectivity index is 1.45. The Morgan fingerprint density at radius 3 is 2.40 bits per heavy atom. The summed E-state index contributed by atoms with van der Waals surface area (Å²) >= 11 is 0. The summed E-state index contributed by atoms with van der Waals surface area (Å²) in [6.07, 6.45) is 1.62. The van der Waals surface area contributed by atoms with Gasteiger partial charge in [0.2, 0.25) is 5.91 Å². The van der Waals surface area contributed by atoms with Gasteiger partial charge in [-0.3, -0.25) is 9.59 Å². The van der Waals surface area contributed by atoms with Gasteiger partial charge in [-0.1, -0.05) is 42.5 Å². The number of carbonyl (C=O) groups is 1. The highest BCUT2D eigenvalue weighted by atomic mass is 19.1. The van der Waals surface area contributed by atoms with E-state index in [-0.39, 0.29) is 29.7 Å². The van der Waals surface area contributed by atoms with E-state index in [1.54, 1.807) is 22.9 Å². The van der Waals surface area contributed by atoms with Crippen molar-refractivity contribution in [2.45, 2.75) is 32.2 Å². The first kappa shape index (κ1) is 20.0. The average molecular weight is 405 g/mol. The normalized spacial score (nSPS) is 14.7. The minimum absolute atomic E-state index is 0.0224. The van der Waals surface area contributed by atoms with Gasteiger partial charge in [-0.25, -0.2) is 9.07 Å². The fraction of sp³-hybridized carbons (Fsp3) is 0.292. The van der Waals surface area contributed by atoms with E-state index in [1.807, 2.05) is 42.2 Å². The summed E-state index contributed by atoms with van der Waals surface area (Å²) in [4.78, 5) is 27.0. The van der Waals surface area contributed by atoms with Gasteiger partial charge in [0.05, 0.1) is 18.2 Å². The van der Waals surface area contributed by atoms with Gasteiger partial charge in [-0.05, 0) is 43.0 Å². The number of aryl methyl sites for hydroxylation is 1. The number of hydrogen-bond donors (Lipinski definition) is 0. The number of rotatable bonds is 4. The second-order valence-corrected chi connectivity index (χ2v) is 7.74. The summed E-state index contributed by atoms with van der Waals surface area (Å²) in [7, 11) is 0. The van der Waals surface area contributed by atoms with Crippen LogP contribution in [-0.4, -0.2) is 33.7 Å². The minimum atomic E-state index is -0.307. The zero-order valence-corrected chi connectivity index (χ0v) is 16.9. The number of halogens is 1. The summed E-state index contributed by atoms with van der Waals surface area (Å²) in [5, 5.41) is 4.68. The molecule has 30 heavy (non-hydrogen) atoms. The monoisotopic (exact) mass is 405 g/mol. The fourth-order valence-electron chi connectivity index (χ4n) is 3.95. The Kier molecular flexibility index (Phi) is 5.74. The van der Waals surface area contributed by atoms with Crippen molar-refractivity contribution in [3.63, 3.8) is 0 Å². The van der Waals surface area contributed by atoms with Crippen LogP contribution in [0.1, 0.15) is 30.0 Å². The van der Waals surface area contributed by atoms with Crippen molar-refractivity contribution < 1.29 is 9.18 Å². The molecule has 1 amide bonds. The molecule has 1 aliphatic heterocycles. The second kappa shape index (κ2) is 8.61. The zero-order valence-electron chi connectivity index (χ0n) is 16.9. The van der Waals surface area contributed by atoms with E-state index in [9.17, 15) is 14.0 Å². The third-order valence-corrected chi connectivity index (χ3v) is 5.63. The van der Waals surface area contributed by atoms with Crippen molar-refractivity contribution >= 4 is 5.91 Å². The van der Waals surface area contributed by atoms with Gasteiger partial charge in [0.15, 0.2) is 0 Å². The third-order valence-electron chi connectivity index (χ3n) is 5.63. The smallest absolute Gasteiger partial charge is 0.267 e. The Hall–Kier alpha value is -3.28. The van der Waals surface area contributed by atoms with Gasteiger partial charge < -0.3 is 4.90 Å². The molecule has 0 saturated carbocycles. The summed E-state index contributed by atoms with van der Waals surface area (Å²) in [5.74, 6) is -0.285. The largest absolute Gasteiger partial charge is 0.342 e. The van der Waals surface area contributed by atoms with Crippen LogP contribution in [0.3, 0.4) is 0 Å². The Morgan fingerprint density at radius 2 is 1.73 bits per heavy atom. The highest BCUT2D eigenvalue weighted by molar-refractivity contribution is 5.78. The Morgan fingerprint density at radius 1 is 1.07 bits per heavy atom. The van der Waals surface area contributed by atoms with Gasteiger partial charge in [0, 0.05) is 24.7 Å². The lowest BCUT2D eigenvalue weighted by atomic mass is 10.0. The van der Waals surface area contributed by atoms with Gasteiger partial charge in [0.1, 0.15) is 5.82 Å². The quantitative estimate of drug-likeness (QED) is 0.664. The van der Waals surface area contributed by atoms with E-state index in [1.165, 1.54) is 12.1 Å². The summed E-state index contributed by atoms with van der Waals surface area (Å²) < 4.78 is 14.6. The minimum Gasteiger partial charge on any atom is -0.342 e. The molecule has 0 bridgehead atoms. The first-order valence-electron chi connectivity index (χ1n) is 10.2. The SMILES string of the molecule is Cc1cc(=O)n(C2CCN(C(=O)Cc3ccc(F)cc3)CC2)nc1-c1ccccc1. The van der Waals surface area contributed by atoms with Crippen molar-refractivity contribution in [1.29, 1.82) is 0 Å². The van der Waals surface area contributed by atoms with Crippen LogP contribution in [0.2, 0.25) is 0 Å². The molecular formula is C24H24FN3O2. The number of nitrogens with zero attached hydrogens (tertiary/aromatic N) is 3. The van der Waals surface area contributed by atoms with Crippen LogP contribution in [0.4, 0.5) is 4.39 Å². The Bertz CT molecular complexity index is 1090. The molecule has 0 N–H and O–H groups in total. The van der Waals surface area contributed by atoms with Crippen molar-refractivity contribution in [1.82, 2.24) is 14.7 Å². The van der Waals surface area contributed by atoms with E-state index in [4.69, 9.17) is 0 Å². The van der Waals surface area contributed by atoms with Crippen LogP contribution < -0.4 is 5.56 Å². The fourth-order valence-corrected chi connectivity index (χ4v) is 3.95. The molecule has 1 fully saturated rings. The molecule has 0 aliphatic carbocycles. The molecule has 2 aromatic carbocycles. The number of likely N-dealkylation sites (tertiary alicyclic amines) is 1. The molecule has 2 heterocycles. The summed E-state index contributed by atoms with van der Waals surface area (Å²) in [6.45, 7) is 3.05. The maximum absolute atomic E-state index is 13.0. The number of amides is 1. The van der Waals surface area contributed by atoms with E-state index in [0.717, 1.165) is 22.4 Å². The first-order chi connectivity index (χ1) is 14.5. The molecule has 0 atom stereocenters. The maximum Gasteiger partial charge on any atom is 0.267 e. The summed E-state index contributed by atoms with van der Waals surface area (Å²) in [6, 6.07) is 17.5. The number of hydrogen-bond acceptors (Lipinski definition) is 3. The van der Waals surface area contributed by atoms with E-state index >= 15 is 0 Å². The van der Waals surface area contributed by atoms with Gasteiger partial charge in [-0.2, -0.15) is 5.10 Å². The Labute approximate surface area is 174 Å². The van der Waals surface area contributed by atoms with Crippen molar-refractivity contribution in [2.24, 2.45) is 0 Å². The highest BCUT2D eigenvalue weighted by Gasteiger charge is 2.25. The molecule has 0 spiro atoms. The lowest BCUT2D eigenvalue weighted by Crippen LogP contribution is -2.42. The highest BCUT2D eigenvalue weighted by Crippen LogP contribution is 2.24. The predicted octanol–water partition coefficient (Wildman–Crippen LogP) is 3.76. The van der Waals surface area contributed by atoms with Crippen LogP contribution in [0, 0.1) is 12.7 Å². The number of aromatic nitrogens is 2. The van der Waals surface area contributed by atoms with Crippen molar-refractivity contribution in [2.75, 3.05) is 13.1 Å². The number of piperidine rings is 1. The molecule has 1 saturated heterocycles. The molecule has 5 nitrogen and oxygen atoms in total. The van der Waals surface area contributed by atoms with Gasteiger partial charge in [-0.15, -0.1) is 0 Å². The standard InChI is InChI=1S/C24H24FN3O2/c1-17-15-23(30)28(26-24(17)19-5-3-2-4-6-19)21-11-13-27(14-12-21)22(29)16-18-7-9-20(25)10-8-18/h2-10,15,21H,11-14,16H2,1H3. The van der Waals surface area contributed by atoms with Crippen LogP contribution >= 0.6 is 0 Å². The number of benzene rings is 2. The van der Waals surface area contributed by atoms with Crippen LogP contribution in [-0.2, 0) is 11.2 Å². The molecule has 0 radical (unpaired) electrons. The van der Waals surface area contributed by atoms with E-state index in [2.05, 4.69) is 5.10 Å². The van der Waals surface area contributed by atoms with Crippen molar-refractivity contribution in [3.05, 3.63) is 88.0 Å². The van der Waals surface area contributed by atoms with Crippen LogP contribution in [0.25, 0.3) is 11.3 Å². The molecule has 1 aromatic heterocycles. The lowest BCUT2D eigenvalue weighted by molar-refractivity contribution is -0.131. The van der Waals surface area contributed by atoms with Gasteiger partial charge in [0.25, 0.3) is 5.56 Å². The predicted molar refractivity (Wildman–Crippen MR) is 114 cm³/mol. The lowest BCUT2D eigenvalue weighted by Gasteiger charge is -2.32. The van der Waals surface area contributed by atoms with Crippen molar-refractivity contribution in [3.8, 4) is 11.3 Å². The van der Waals surface area contributed by atoms with E-state index < -0.39 is 0 Å². The first-order valence-corrected chi connectivity index (χ1v) is 10.2. The molecule has 3 aromatic rings. The van der Waals surface area contributed by atoms with Gasteiger partial charge >= 0.3 is 0 Å². The number of carbonyl (C=O) groups excluding carboxylic acids is 1. The van der Waals surface area contributed by atoms with Crippen LogP contribution in [0.5, 0.6) is 0 Å². The van der Waals surface area contributed by atoms with Crippen LogP contribution in [0.15, 0.2) is 65.5 Å². The molecule has 4 rings (SSSR count). The second-order valence-electron chi connectivity index (χ2n) is 7.74. The molecular weight excluding hydrogens is 381 g/mol. The third kappa shape index (κ3) is 4.32. The zero-order chi connectivity index (χ0) is 21.1. The molecule has 154 valence electrons. The molecule has 1 aliphatic rings.